The highest BCUT2D eigenvalue weighted by Crippen LogP contribution is 2.29. The molecule has 39 heavy (non-hydrogen) atoms. The van der Waals surface area contributed by atoms with Gasteiger partial charge >= 0.3 is 12.2 Å². The molecule has 0 aliphatic carbocycles. The van der Waals surface area contributed by atoms with E-state index in [-0.39, 0.29) is 18.2 Å². The van der Waals surface area contributed by atoms with E-state index in [2.05, 4.69) is 10.00 Å². The van der Waals surface area contributed by atoms with Crippen LogP contribution in [0.2, 0.25) is 0 Å². The topological polar surface area (TPSA) is 92.5 Å². The van der Waals surface area contributed by atoms with Gasteiger partial charge in [0.1, 0.15) is 17.0 Å². The Morgan fingerprint density at radius 2 is 1.62 bits per heavy atom. The largest absolute Gasteiger partial charge is 0.444 e. The molecule has 1 fully saturated rings. The molecule has 10 heteroatoms. The second-order valence-electron chi connectivity index (χ2n) is 12.2. The standard InChI is InChI=1S/C29H40N6O4/c1-19-17-33(18-20(2)35(19)27(37)39-29(6,7)8)25-12-10-11-23(31-25)22-16-30-34-14-13-21(15-24(22)34)32(9)26(36)38-28(3,4)5/h10-16,19-20H,17-18H2,1-9H3/t19-,20+. The number of nitrogens with zero attached hydrogens (tertiary/aromatic N) is 6. The first-order valence-corrected chi connectivity index (χ1v) is 13.3. The van der Waals surface area contributed by atoms with Crippen molar-refractivity contribution in [2.24, 2.45) is 0 Å². The van der Waals surface area contributed by atoms with Gasteiger partial charge in [-0.3, -0.25) is 9.80 Å². The van der Waals surface area contributed by atoms with E-state index in [9.17, 15) is 9.59 Å². The molecule has 0 aromatic carbocycles. The molecule has 0 saturated carbocycles. The maximum absolute atomic E-state index is 12.8. The third-order valence-electron chi connectivity index (χ3n) is 6.42. The van der Waals surface area contributed by atoms with Crippen LogP contribution in [0.1, 0.15) is 55.4 Å². The van der Waals surface area contributed by atoms with Gasteiger partial charge < -0.3 is 14.4 Å². The molecule has 0 bridgehead atoms. The Bertz CT molecular complexity index is 1340. The number of hydrogen-bond acceptors (Lipinski definition) is 7. The number of anilines is 2. The van der Waals surface area contributed by atoms with Gasteiger partial charge in [-0.15, -0.1) is 0 Å². The fourth-order valence-corrected chi connectivity index (χ4v) is 4.75. The van der Waals surface area contributed by atoms with Gasteiger partial charge in [0.05, 0.1) is 35.2 Å². The van der Waals surface area contributed by atoms with E-state index >= 15 is 0 Å². The van der Waals surface area contributed by atoms with Crippen molar-refractivity contribution in [1.82, 2.24) is 19.5 Å². The van der Waals surface area contributed by atoms with Crippen molar-refractivity contribution in [2.75, 3.05) is 29.9 Å². The second-order valence-corrected chi connectivity index (χ2v) is 12.2. The molecule has 3 aromatic rings. The lowest BCUT2D eigenvalue weighted by molar-refractivity contribution is 0.00558. The molecule has 2 atom stereocenters. The summed E-state index contributed by atoms with van der Waals surface area (Å²) in [5.74, 6) is 0.830. The van der Waals surface area contributed by atoms with Crippen LogP contribution in [0.4, 0.5) is 21.1 Å². The van der Waals surface area contributed by atoms with Gasteiger partial charge in [-0.1, -0.05) is 6.07 Å². The van der Waals surface area contributed by atoms with E-state index in [4.69, 9.17) is 14.5 Å². The zero-order valence-corrected chi connectivity index (χ0v) is 24.4. The molecule has 0 radical (unpaired) electrons. The van der Waals surface area contributed by atoms with Crippen molar-refractivity contribution >= 4 is 29.2 Å². The lowest BCUT2D eigenvalue weighted by atomic mass is 10.1. The van der Waals surface area contributed by atoms with Crippen molar-refractivity contribution < 1.29 is 19.1 Å². The Kier molecular flexibility index (Phi) is 7.51. The number of piperazine rings is 1. The summed E-state index contributed by atoms with van der Waals surface area (Å²) in [6, 6.07) is 9.56. The zero-order valence-electron chi connectivity index (χ0n) is 24.4. The molecule has 1 saturated heterocycles. The van der Waals surface area contributed by atoms with Gasteiger partial charge in [-0.2, -0.15) is 5.10 Å². The molecule has 0 unspecified atom stereocenters. The Balaban J connectivity index is 1.58. The average Bonchev–Trinajstić information content (AvgIpc) is 3.24. The summed E-state index contributed by atoms with van der Waals surface area (Å²) in [6.07, 6.45) is 2.88. The first-order valence-electron chi connectivity index (χ1n) is 13.3. The summed E-state index contributed by atoms with van der Waals surface area (Å²) in [5, 5.41) is 4.49. The monoisotopic (exact) mass is 536 g/mol. The fraction of sp³-hybridized carbons (Fsp3) is 0.517. The summed E-state index contributed by atoms with van der Waals surface area (Å²) in [7, 11) is 1.69. The van der Waals surface area contributed by atoms with Gasteiger partial charge in [-0.25, -0.2) is 19.1 Å². The molecule has 0 N–H and O–H groups in total. The third-order valence-corrected chi connectivity index (χ3v) is 6.42. The van der Waals surface area contributed by atoms with Crippen LogP contribution in [0.5, 0.6) is 0 Å². The van der Waals surface area contributed by atoms with E-state index in [1.807, 2.05) is 96.8 Å². The molecular formula is C29H40N6O4. The van der Waals surface area contributed by atoms with E-state index in [0.29, 0.717) is 18.8 Å². The van der Waals surface area contributed by atoms with Crippen molar-refractivity contribution in [3.8, 4) is 11.3 Å². The highest BCUT2D eigenvalue weighted by molar-refractivity contribution is 5.90. The Morgan fingerprint density at radius 1 is 0.974 bits per heavy atom. The molecule has 210 valence electrons. The van der Waals surface area contributed by atoms with Crippen LogP contribution < -0.4 is 9.80 Å². The third kappa shape index (κ3) is 6.43. The maximum Gasteiger partial charge on any atom is 0.414 e. The number of ether oxygens (including phenoxy) is 2. The number of carbonyl (C=O) groups is 2. The minimum Gasteiger partial charge on any atom is -0.444 e. The summed E-state index contributed by atoms with van der Waals surface area (Å²) in [4.78, 5) is 35.9. The Labute approximate surface area is 230 Å². The highest BCUT2D eigenvalue weighted by atomic mass is 16.6. The van der Waals surface area contributed by atoms with Gasteiger partial charge in [0.15, 0.2) is 0 Å². The van der Waals surface area contributed by atoms with Crippen LogP contribution in [0.25, 0.3) is 16.8 Å². The van der Waals surface area contributed by atoms with Crippen LogP contribution in [0.15, 0.2) is 42.7 Å². The first-order chi connectivity index (χ1) is 18.1. The number of carbonyl (C=O) groups excluding carboxylic acids is 2. The predicted octanol–water partition coefficient (Wildman–Crippen LogP) is 5.60. The van der Waals surface area contributed by atoms with Crippen molar-refractivity contribution in [3.05, 3.63) is 42.7 Å². The van der Waals surface area contributed by atoms with Crippen LogP contribution in [0.3, 0.4) is 0 Å². The lowest BCUT2D eigenvalue weighted by Gasteiger charge is -2.44. The van der Waals surface area contributed by atoms with E-state index in [1.54, 1.807) is 17.8 Å². The lowest BCUT2D eigenvalue weighted by Crippen LogP contribution is -2.59. The minimum absolute atomic E-state index is 0.0445. The number of fused-ring (bicyclic) bond motifs is 1. The normalized spacial score (nSPS) is 18.3. The van der Waals surface area contributed by atoms with Crippen molar-refractivity contribution in [1.29, 1.82) is 0 Å². The van der Waals surface area contributed by atoms with Gasteiger partial charge in [0.25, 0.3) is 0 Å². The van der Waals surface area contributed by atoms with Crippen LogP contribution in [-0.4, -0.2) is 75.1 Å². The molecule has 1 aliphatic heterocycles. The van der Waals surface area contributed by atoms with Gasteiger partial charge in [0.2, 0.25) is 0 Å². The Morgan fingerprint density at radius 3 is 2.23 bits per heavy atom. The molecule has 4 rings (SSSR count). The van der Waals surface area contributed by atoms with E-state index < -0.39 is 17.3 Å². The second kappa shape index (κ2) is 10.4. The van der Waals surface area contributed by atoms with E-state index in [1.165, 1.54) is 4.90 Å². The molecule has 1 aliphatic rings. The number of aromatic nitrogens is 3. The highest BCUT2D eigenvalue weighted by Gasteiger charge is 2.36. The SMILES string of the molecule is C[C@@H]1CN(c2cccc(-c3cnn4ccc(N(C)C(=O)OC(C)(C)C)cc34)n2)C[C@H](C)N1C(=O)OC(C)(C)C. The summed E-state index contributed by atoms with van der Waals surface area (Å²) < 4.78 is 12.9. The number of hydrogen-bond donors (Lipinski definition) is 0. The van der Waals surface area contributed by atoms with Gasteiger partial charge in [0, 0.05) is 31.9 Å². The molecule has 0 spiro atoms. The number of rotatable bonds is 3. The van der Waals surface area contributed by atoms with Crippen LogP contribution in [-0.2, 0) is 9.47 Å². The Hall–Kier alpha value is -3.82. The fourth-order valence-electron chi connectivity index (χ4n) is 4.75. The maximum atomic E-state index is 12.8. The summed E-state index contributed by atoms with van der Waals surface area (Å²) >= 11 is 0. The van der Waals surface area contributed by atoms with Gasteiger partial charge in [-0.05, 0) is 79.7 Å². The molecule has 3 aromatic heterocycles. The zero-order chi connectivity index (χ0) is 28.7. The predicted molar refractivity (Wildman–Crippen MR) is 152 cm³/mol. The minimum atomic E-state index is -0.588. The molecular weight excluding hydrogens is 496 g/mol. The van der Waals surface area contributed by atoms with Crippen molar-refractivity contribution in [2.45, 2.75) is 78.7 Å². The molecule has 2 amide bonds. The number of pyridine rings is 2. The smallest absolute Gasteiger partial charge is 0.414 e. The van der Waals surface area contributed by atoms with Crippen LogP contribution >= 0.6 is 0 Å². The quantitative estimate of drug-likeness (QED) is 0.430. The molecule has 4 heterocycles. The molecule has 10 nitrogen and oxygen atoms in total. The van der Waals surface area contributed by atoms with Crippen LogP contribution in [0, 0.1) is 0 Å². The van der Waals surface area contributed by atoms with Crippen molar-refractivity contribution in [3.63, 3.8) is 0 Å². The summed E-state index contributed by atoms with van der Waals surface area (Å²) in [5.41, 5.74) is 2.01. The van der Waals surface area contributed by atoms with E-state index in [0.717, 1.165) is 22.6 Å². The summed E-state index contributed by atoms with van der Waals surface area (Å²) in [6.45, 7) is 16.5. The average molecular weight is 537 g/mol. The first kappa shape index (κ1) is 28.2. The number of amides is 2.